The number of nitrogens with two attached hydrogens (primary N) is 1. The zero-order chi connectivity index (χ0) is 14.9. The van der Waals surface area contributed by atoms with Crippen LogP contribution in [0.15, 0.2) is 6.33 Å². The van der Waals surface area contributed by atoms with E-state index in [1.54, 1.807) is 23.4 Å². The molecule has 8 nitrogen and oxygen atoms in total. The largest absolute Gasteiger partial charge is 0.479 e. The highest BCUT2D eigenvalue weighted by atomic mass is 16.5. The molecule has 0 aliphatic heterocycles. The van der Waals surface area contributed by atoms with Crippen LogP contribution >= 0.6 is 0 Å². The Morgan fingerprint density at radius 2 is 2.25 bits per heavy atom. The lowest BCUT2D eigenvalue weighted by Crippen LogP contribution is -2.33. The summed E-state index contributed by atoms with van der Waals surface area (Å²) in [7, 11) is 3.24. The fourth-order valence-electron chi connectivity index (χ4n) is 2.02. The van der Waals surface area contributed by atoms with Crippen LogP contribution in [0.5, 0.6) is 5.88 Å². The predicted octanol–water partition coefficient (Wildman–Crippen LogP) is 0.456. The van der Waals surface area contributed by atoms with Crippen molar-refractivity contribution in [3.05, 3.63) is 6.33 Å². The van der Waals surface area contributed by atoms with Crippen molar-refractivity contribution in [3.8, 4) is 5.88 Å². The van der Waals surface area contributed by atoms with Gasteiger partial charge in [0.25, 0.3) is 0 Å². The highest BCUT2D eigenvalue weighted by Crippen LogP contribution is 2.26. The highest BCUT2D eigenvalue weighted by Gasteiger charge is 2.24. The van der Waals surface area contributed by atoms with Crippen molar-refractivity contribution in [2.75, 3.05) is 26.4 Å². The molecule has 108 valence electrons. The van der Waals surface area contributed by atoms with Crippen molar-refractivity contribution >= 4 is 23.0 Å². The molecule has 0 saturated heterocycles. The molecular weight excluding hydrogens is 260 g/mol. The first-order valence-corrected chi connectivity index (χ1v) is 6.28. The number of fused-ring (bicyclic) bond motifs is 1. The van der Waals surface area contributed by atoms with Crippen LogP contribution in [0.3, 0.4) is 0 Å². The number of carbonyl (C=O) groups excluding carboxylic acids is 1. The monoisotopic (exact) mass is 278 g/mol. The summed E-state index contributed by atoms with van der Waals surface area (Å²) in [4.78, 5) is 26.2. The molecule has 0 bridgehead atoms. The molecule has 1 unspecified atom stereocenters. The van der Waals surface area contributed by atoms with E-state index >= 15 is 0 Å². The van der Waals surface area contributed by atoms with Crippen LogP contribution < -0.4 is 10.5 Å². The van der Waals surface area contributed by atoms with E-state index in [9.17, 15) is 4.79 Å². The number of methoxy groups -OCH3 is 1. The van der Waals surface area contributed by atoms with Crippen LogP contribution in [0.25, 0.3) is 11.2 Å². The number of nitrogens with zero attached hydrogens (tertiary/aromatic N) is 5. The fraction of sp³-hybridized carbons (Fsp3) is 0.500. The zero-order valence-corrected chi connectivity index (χ0v) is 12.0. The Hall–Kier alpha value is -2.38. The smallest absolute Gasteiger partial charge is 0.245 e. The van der Waals surface area contributed by atoms with Crippen LogP contribution in [0, 0.1) is 0 Å². The van der Waals surface area contributed by atoms with Gasteiger partial charge >= 0.3 is 0 Å². The van der Waals surface area contributed by atoms with E-state index in [2.05, 4.69) is 15.0 Å². The van der Waals surface area contributed by atoms with Crippen molar-refractivity contribution in [2.45, 2.75) is 19.9 Å². The minimum atomic E-state index is -0.496. The van der Waals surface area contributed by atoms with Crippen molar-refractivity contribution in [1.82, 2.24) is 24.4 Å². The summed E-state index contributed by atoms with van der Waals surface area (Å²) in [5.41, 5.74) is 6.85. The lowest BCUT2D eigenvalue weighted by Gasteiger charge is -2.21. The van der Waals surface area contributed by atoms with Gasteiger partial charge in [0.05, 0.1) is 7.11 Å². The minimum Gasteiger partial charge on any atom is -0.479 e. The number of imidazole rings is 1. The van der Waals surface area contributed by atoms with Gasteiger partial charge in [-0.05, 0) is 13.8 Å². The van der Waals surface area contributed by atoms with Gasteiger partial charge in [0.15, 0.2) is 11.2 Å². The first kappa shape index (κ1) is 14.0. The number of anilines is 1. The van der Waals surface area contributed by atoms with Crippen molar-refractivity contribution in [1.29, 1.82) is 0 Å². The van der Waals surface area contributed by atoms with E-state index in [-0.39, 0.29) is 11.9 Å². The third kappa shape index (κ3) is 2.13. The van der Waals surface area contributed by atoms with E-state index in [0.717, 1.165) is 0 Å². The summed E-state index contributed by atoms with van der Waals surface area (Å²) < 4.78 is 6.72. The third-order valence-corrected chi connectivity index (χ3v) is 3.26. The second kappa shape index (κ2) is 5.32. The van der Waals surface area contributed by atoms with Gasteiger partial charge < -0.3 is 15.4 Å². The summed E-state index contributed by atoms with van der Waals surface area (Å²) >= 11 is 0. The number of rotatable bonds is 4. The maximum absolute atomic E-state index is 12.3. The maximum Gasteiger partial charge on any atom is 0.245 e. The second-order valence-electron chi connectivity index (χ2n) is 4.42. The molecular formula is C12H18N6O2. The Morgan fingerprint density at radius 3 is 2.85 bits per heavy atom. The predicted molar refractivity (Wildman–Crippen MR) is 74.3 cm³/mol. The number of amides is 1. The molecule has 0 radical (unpaired) electrons. The first-order valence-electron chi connectivity index (χ1n) is 6.28. The van der Waals surface area contributed by atoms with Crippen LogP contribution in [0.1, 0.15) is 19.9 Å². The molecule has 2 rings (SSSR count). The molecule has 2 aromatic rings. The Balaban J connectivity index is 2.54. The van der Waals surface area contributed by atoms with E-state index in [1.165, 1.54) is 13.4 Å². The summed E-state index contributed by atoms with van der Waals surface area (Å²) in [6.07, 6.45) is 1.36. The van der Waals surface area contributed by atoms with Crippen LogP contribution in [0.4, 0.5) is 5.95 Å². The SMILES string of the molecule is CCN(C)C(=O)C(C)n1c(N)nc2c(OC)ncnc21. The van der Waals surface area contributed by atoms with Gasteiger partial charge in [0, 0.05) is 13.6 Å². The maximum atomic E-state index is 12.3. The summed E-state index contributed by atoms with van der Waals surface area (Å²) in [5, 5.41) is 0. The quantitative estimate of drug-likeness (QED) is 0.872. The highest BCUT2D eigenvalue weighted by molar-refractivity contribution is 5.85. The average molecular weight is 278 g/mol. The van der Waals surface area contributed by atoms with E-state index < -0.39 is 6.04 Å². The molecule has 2 aromatic heterocycles. The molecule has 8 heteroatoms. The number of hydrogen-bond acceptors (Lipinski definition) is 6. The van der Waals surface area contributed by atoms with Gasteiger partial charge in [-0.1, -0.05) is 0 Å². The number of carbonyl (C=O) groups is 1. The summed E-state index contributed by atoms with van der Waals surface area (Å²) in [6.45, 7) is 4.29. The van der Waals surface area contributed by atoms with Crippen LogP contribution in [0.2, 0.25) is 0 Å². The van der Waals surface area contributed by atoms with Crippen molar-refractivity contribution in [3.63, 3.8) is 0 Å². The number of hydrogen-bond donors (Lipinski definition) is 1. The van der Waals surface area contributed by atoms with Crippen molar-refractivity contribution in [2.24, 2.45) is 0 Å². The first-order chi connectivity index (χ1) is 9.51. The third-order valence-electron chi connectivity index (χ3n) is 3.26. The lowest BCUT2D eigenvalue weighted by atomic mass is 10.3. The molecule has 1 atom stereocenters. The number of nitrogen functional groups attached to an aromatic ring is 1. The molecule has 0 aromatic carbocycles. The molecule has 2 N–H and O–H groups in total. The normalized spacial score (nSPS) is 12.4. The van der Waals surface area contributed by atoms with Gasteiger partial charge in [-0.2, -0.15) is 4.98 Å². The Labute approximate surface area is 116 Å². The molecule has 0 aliphatic rings. The number of ether oxygens (including phenoxy) is 1. The zero-order valence-electron chi connectivity index (χ0n) is 12.0. The van der Waals surface area contributed by atoms with Crippen LogP contribution in [-0.4, -0.2) is 51.0 Å². The van der Waals surface area contributed by atoms with Gasteiger partial charge in [-0.25, -0.2) is 9.97 Å². The molecule has 0 fully saturated rings. The van der Waals surface area contributed by atoms with Gasteiger partial charge in [0.1, 0.15) is 12.4 Å². The van der Waals surface area contributed by atoms with Gasteiger partial charge in [0.2, 0.25) is 17.7 Å². The lowest BCUT2D eigenvalue weighted by molar-refractivity contribution is -0.132. The Kier molecular flexibility index (Phi) is 3.73. The van der Waals surface area contributed by atoms with E-state index in [0.29, 0.717) is 23.6 Å². The molecule has 0 aliphatic carbocycles. The average Bonchev–Trinajstić information content (AvgIpc) is 2.80. The van der Waals surface area contributed by atoms with Gasteiger partial charge in [-0.15, -0.1) is 0 Å². The van der Waals surface area contributed by atoms with E-state index in [4.69, 9.17) is 10.5 Å². The molecule has 20 heavy (non-hydrogen) atoms. The molecule has 2 heterocycles. The second-order valence-corrected chi connectivity index (χ2v) is 4.42. The van der Waals surface area contributed by atoms with Gasteiger partial charge in [-0.3, -0.25) is 9.36 Å². The standard InChI is InChI=1S/C12H18N6O2/c1-5-17(3)11(19)7(2)18-9-8(16-12(18)13)10(20-4)15-6-14-9/h6-7H,5H2,1-4H3,(H2,13,16). The van der Waals surface area contributed by atoms with Crippen molar-refractivity contribution < 1.29 is 9.53 Å². The van der Waals surface area contributed by atoms with Crippen LogP contribution in [-0.2, 0) is 4.79 Å². The molecule has 0 saturated carbocycles. The Bertz CT molecular complexity index is 638. The summed E-state index contributed by atoms with van der Waals surface area (Å²) in [6, 6.07) is -0.496. The minimum absolute atomic E-state index is 0.0592. The molecule has 0 spiro atoms. The number of aromatic nitrogens is 4. The fourth-order valence-corrected chi connectivity index (χ4v) is 2.02. The number of likely N-dealkylation sites (N-methyl/N-ethyl adjacent to an activating group) is 1. The summed E-state index contributed by atoms with van der Waals surface area (Å²) in [5.74, 6) is 0.490. The molecule has 1 amide bonds. The topological polar surface area (TPSA) is 99.2 Å². The van der Waals surface area contributed by atoms with E-state index in [1.807, 2.05) is 6.92 Å². The Morgan fingerprint density at radius 1 is 1.55 bits per heavy atom.